The molecule has 1 saturated carbocycles. The molecule has 0 aromatic rings. The summed E-state index contributed by atoms with van der Waals surface area (Å²) in [5.74, 6) is -2.92. The third-order valence-electron chi connectivity index (χ3n) is 3.72. The number of cyclic esters (lactones) is 2. The molecule has 2 fully saturated rings. The Kier molecular flexibility index (Phi) is 2.95. The largest absolute Gasteiger partial charge is 0.395 e. The van der Waals surface area contributed by atoms with Crippen LogP contribution in [0.1, 0.15) is 19.8 Å². The summed E-state index contributed by atoms with van der Waals surface area (Å²) < 4.78 is 8.82. The van der Waals surface area contributed by atoms with Crippen molar-refractivity contribution in [3.8, 4) is 0 Å². The van der Waals surface area contributed by atoms with E-state index in [4.69, 9.17) is 0 Å². The number of carbonyl (C=O) groups is 4. The first-order chi connectivity index (χ1) is 8.04. The lowest BCUT2D eigenvalue weighted by Gasteiger charge is -2.18. The van der Waals surface area contributed by atoms with Crippen molar-refractivity contribution in [3.05, 3.63) is 0 Å². The van der Waals surface area contributed by atoms with Gasteiger partial charge < -0.3 is 9.47 Å². The second-order valence-electron chi connectivity index (χ2n) is 4.50. The molecular weight excluding hydrogens is 228 g/mol. The van der Waals surface area contributed by atoms with Crippen LogP contribution in [0.5, 0.6) is 0 Å². The Morgan fingerprint density at radius 1 is 1.41 bits per heavy atom. The van der Waals surface area contributed by atoms with Gasteiger partial charge in [0.05, 0.1) is 11.8 Å². The number of ether oxygens (including phenoxy) is 2. The van der Waals surface area contributed by atoms with Crippen molar-refractivity contribution >= 4 is 24.4 Å². The van der Waals surface area contributed by atoms with E-state index in [1.807, 2.05) is 6.92 Å². The van der Waals surface area contributed by atoms with Crippen LogP contribution in [-0.2, 0) is 28.7 Å². The summed E-state index contributed by atoms with van der Waals surface area (Å²) in [5.41, 5.74) is 0. The van der Waals surface area contributed by atoms with E-state index in [-0.39, 0.29) is 30.6 Å². The van der Waals surface area contributed by atoms with Crippen LogP contribution in [0.3, 0.4) is 0 Å². The van der Waals surface area contributed by atoms with Gasteiger partial charge in [0.25, 0.3) is 0 Å². The Bertz CT molecular complexity index is 387. The first kappa shape index (κ1) is 11.8. The highest BCUT2D eigenvalue weighted by atomic mass is 16.6. The first-order valence-corrected chi connectivity index (χ1v) is 5.43. The Hall–Kier alpha value is -1.72. The predicted octanol–water partition coefficient (Wildman–Crippen LogP) is 0.0479. The maximum absolute atomic E-state index is 11.5. The average Bonchev–Trinajstić information content (AvgIpc) is 2.53. The van der Waals surface area contributed by atoms with Crippen molar-refractivity contribution < 1.29 is 28.7 Å². The van der Waals surface area contributed by atoms with Gasteiger partial charge in [-0.25, -0.2) is 0 Å². The van der Waals surface area contributed by atoms with Crippen molar-refractivity contribution in [2.75, 3.05) is 0 Å². The van der Waals surface area contributed by atoms with Crippen LogP contribution >= 0.6 is 0 Å². The van der Waals surface area contributed by atoms with Crippen LogP contribution in [0.2, 0.25) is 0 Å². The number of carbonyl (C=O) groups excluding carboxylic acids is 4. The number of hydrogen-bond donors (Lipinski definition) is 0. The van der Waals surface area contributed by atoms with Crippen molar-refractivity contribution in [1.29, 1.82) is 0 Å². The fraction of sp³-hybridized carbons (Fsp3) is 0.636. The quantitative estimate of drug-likeness (QED) is 0.393. The summed E-state index contributed by atoms with van der Waals surface area (Å²) in [5, 5.41) is 0. The van der Waals surface area contributed by atoms with Gasteiger partial charge in [-0.3, -0.25) is 19.2 Å². The molecule has 2 bridgehead atoms. The van der Waals surface area contributed by atoms with E-state index < -0.39 is 23.8 Å². The first-order valence-electron chi connectivity index (χ1n) is 5.43. The topological polar surface area (TPSA) is 86.7 Å². The third-order valence-corrected chi connectivity index (χ3v) is 3.72. The van der Waals surface area contributed by atoms with E-state index in [0.29, 0.717) is 6.42 Å². The molecule has 0 N–H and O–H groups in total. The lowest BCUT2D eigenvalue weighted by atomic mass is 9.86. The normalized spacial score (nSPS) is 35.4. The molecule has 2 aliphatic rings. The zero-order valence-corrected chi connectivity index (χ0v) is 9.25. The van der Waals surface area contributed by atoms with Crippen molar-refractivity contribution in [2.45, 2.75) is 19.8 Å². The fourth-order valence-electron chi connectivity index (χ4n) is 2.78. The second kappa shape index (κ2) is 4.27. The average molecular weight is 240 g/mol. The number of hydrogen-bond acceptors (Lipinski definition) is 6. The molecule has 0 amide bonds. The Morgan fingerprint density at radius 2 is 2.06 bits per heavy atom. The molecule has 0 radical (unpaired) electrons. The maximum Gasteiger partial charge on any atom is 0.316 e. The molecule has 17 heavy (non-hydrogen) atoms. The minimum Gasteiger partial charge on any atom is -0.395 e. The summed E-state index contributed by atoms with van der Waals surface area (Å²) in [6, 6.07) is 0. The molecule has 4 unspecified atom stereocenters. The molecule has 0 spiro atoms. The molecule has 2 rings (SSSR count). The summed E-state index contributed by atoms with van der Waals surface area (Å²) >= 11 is 0. The summed E-state index contributed by atoms with van der Waals surface area (Å²) in [6.45, 7) is 1.88. The van der Waals surface area contributed by atoms with E-state index in [0.717, 1.165) is 0 Å². The van der Waals surface area contributed by atoms with Gasteiger partial charge in [0.2, 0.25) is 0 Å². The number of fused-ring (bicyclic) bond motifs is 2. The highest BCUT2D eigenvalue weighted by Gasteiger charge is 2.53. The van der Waals surface area contributed by atoms with E-state index >= 15 is 0 Å². The third kappa shape index (κ3) is 1.94. The molecule has 1 aliphatic carbocycles. The standard InChI is InChI=1S/C11H12O6/c1-5-6(3-9(13)16-4-12)8-2-7(5)10(14)17-11(8)15/h4-8H,2-3H2,1H3. The molecule has 1 heterocycles. The van der Waals surface area contributed by atoms with E-state index in [1.165, 1.54) is 0 Å². The van der Waals surface area contributed by atoms with Gasteiger partial charge in [-0.15, -0.1) is 0 Å². The van der Waals surface area contributed by atoms with Crippen molar-refractivity contribution in [2.24, 2.45) is 23.7 Å². The number of rotatable bonds is 3. The molecule has 1 saturated heterocycles. The molecule has 92 valence electrons. The summed E-state index contributed by atoms with van der Waals surface area (Å²) in [4.78, 5) is 44.2. The second-order valence-corrected chi connectivity index (χ2v) is 4.50. The van der Waals surface area contributed by atoms with Gasteiger partial charge in [0.15, 0.2) is 0 Å². The van der Waals surface area contributed by atoms with Crippen LogP contribution in [-0.4, -0.2) is 24.4 Å². The zero-order chi connectivity index (χ0) is 12.6. The smallest absolute Gasteiger partial charge is 0.316 e. The maximum atomic E-state index is 11.5. The van der Waals surface area contributed by atoms with E-state index in [9.17, 15) is 19.2 Å². The predicted molar refractivity (Wildman–Crippen MR) is 52.1 cm³/mol. The van der Waals surface area contributed by atoms with Crippen molar-refractivity contribution in [1.82, 2.24) is 0 Å². The molecule has 4 atom stereocenters. The molecule has 0 aromatic carbocycles. The Balaban J connectivity index is 2.12. The van der Waals surface area contributed by atoms with E-state index in [2.05, 4.69) is 9.47 Å². The number of esters is 3. The Morgan fingerprint density at radius 3 is 2.71 bits per heavy atom. The highest BCUT2D eigenvalue weighted by molar-refractivity contribution is 5.93. The summed E-state index contributed by atoms with van der Waals surface area (Å²) in [6.07, 6.45) is 0.390. The minimum atomic E-state index is -0.676. The van der Waals surface area contributed by atoms with Crippen LogP contribution in [0.25, 0.3) is 0 Å². The molecule has 1 aliphatic heterocycles. The van der Waals surface area contributed by atoms with Crippen molar-refractivity contribution in [3.63, 3.8) is 0 Å². The van der Waals surface area contributed by atoms with Crippen LogP contribution in [0.15, 0.2) is 0 Å². The minimum absolute atomic E-state index is 0.0382. The van der Waals surface area contributed by atoms with Crippen LogP contribution in [0, 0.1) is 23.7 Å². The SMILES string of the molecule is CC1C2CC(C(=O)OC2=O)C1CC(=O)OC=O. The van der Waals surface area contributed by atoms with Gasteiger partial charge in [0, 0.05) is 6.42 Å². The zero-order valence-electron chi connectivity index (χ0n) is 9.25. The lowest BCUT2D eigenvalue weighted by Crippen LogP contribution is -2.30. The van der Waals surface area contributed by atoms with Crippen LogP contribution in [0.4, 0.5) is 0 Å². The lowest BCUT2D eigenvalue weighted by molar-refractivity contribution is -0.169. The Labute approximate surface area is 97.3 Å². The van der Waals surface area contributed by atoms with Gasteiger partial charge in [-0.2, -0.15) is 0 Å². The molecular formula is C11H12O6. The molecule has 0 aromatic heterocycles. The van der Waals surface area contributed by atoms with Gasteiger partial charge in [-0.1, -0.05) is 6.92 Å². The van der Waals surface area contributed by atoms with E-state index in [1.54, 1.807) is 0 Å². The fourth-order valence-corrected chi connectivity index (χ4v) is 2.78. The monoisotopic (exact) mass is 240 g/mol. The van der Waals surface area contributed by atoms with Gasteiger partial charge in [-0.05, 0) is 18.3 Å². The summed E-state index contributed by atoms with van der Waals surface area (Å²) in [7, 11) is 0. The molecule has 6 heteroatoms. The van der Waals surface area contributed by atoms with Gasteiger partial charge >= 0.3 is 24.4 Å². The molecule has 6 nitrogen and oxygen atoms in total. The van der Waals surface area contributed by atoms with Gasteiger partial charge in [0.1, 0.15) is 0 Å². The highest BCUT2D eigenvalue weighted by Crippen LogP contribution is 2.47. The van der Waals surface area contributed by atoms with Crippen LogP contribution < -0.4 is 0 Å².